The maximum absolute atomic E-state index is 10.9. The molecule has 0 aromatic heterocycles. The van der Waals surface area contributed by atoms with Gasteiger partial charge in [-0.15, -0.1) is 11.8 Å². The molecule has 1 aliphatic rings. The summed E-state index contributed by atoms with van der Waals surface area (Å²) < 4.78 is 0. The van der Waals surface area contributed by atoms with Crippen LogP contribution in [-0.4, -0.2) is 23.4 Å². The summed E-state index contributed by atoms with van der Waals surface area (Å²) in [5.74, 6) is 0.127. The molecule has 1 aliphatic heterocycles. The van der Waals surface area contributed by atoms with Crippen LogP contribution in [0.2, 0.25) is 0 Å². The standard InChI is InChI=1S/C10H11NO2S/c12-10(13)7-3-1-4-8-9(7)14-6-2-5-11-8/h1,3-4,11H,2,5-6H2,(H,12,13). The summed E-state index contributed by atoms with van der Waals surface area (Å²) in [5, 5.41) is 12.2. The topological polar surface area (TPSA) is 49.3 Å². The van der Waals surface area contributed by atoms with Crippen molar-refractivity contribution in [1.82, 2.24) is 0 Å². The Hall–Kier alpha value is -1.16. The first-order valence-corrected chi connectivity index (χ1v) is 5.50. The van der Waals surface area contributed by atoms with E-state index in [1.54, 1.807) is 23.9 Å². The van der Waals surface area contributed by atoms with Gasteiger partial charge >= 0.3 is 5.97 Å². The van der Waals surface area contributed by atoms with Crippen LogP contribution < -0.4 is 5.32 Å². The van der Waals surface area contributed by atoms with Crippen molar-refractivity contribution in [3.8, 4) is 0 Å². The van der Waals surface area contributed by atoms with Crippen LogP contribution in [0.1, 0.15) is 16.8 Å². The average molecular weight is 209 g/mol. The van der Waals surface area contributed by atoms with Crippen LogP contribution in [0.25, 0.3) is 0 Å². The molecule has 0 atom stereocenters. The molecule has 2 rings (SSSR count). The Kier molecular flexibility index (Phi) is 2.63. The number of carboxylic acid groups (broad SMARTS) is 1. The van der Waals surface area contributed by atoms with Crippen LogP contribution in [0, 0.1) is 0 Å². The predicted octanol–water partition coefficient (Wildman–Crippen LogP) is 2.29. The summed E-state index contributed by atoms with van der Waals surface area (Å²) in [6.45, 7) is 0.920. The quantitative estimate of drug-likeness (QED) is 0.745. The highest BCUT2D eigenvalue weighted by Gasteiger charge is 2.15. The predicted molar refractivity (Wildman–Crippen MR) is 57.2 cm³/mol. The van der Waals surface area contributed by atoms with Crippen LogP contribution in [0.4, 0.5) is 5.69 Å². The zero-order valence-electron chi connectivity index (χ0n) is 7.62. The van der Waals surface area contributed by atoms with Crippen molar-refractivity contribution in [3.05, 3.63) is 23.8 Å². The monoisotopic (exact) mass is 209 g/mol. The number of nitrogens with one attached hydrogen (secondary N) is 1. The van der Waals surface area contributed by atoms with Gasteiger partial charge in [0, 0.05) is 17.1 Å². The molecule has 3 nitrogen and oxygen atoms in total. The molecular weight excluding hydrogens is 198 g/mol. The summed E-state index contributed by atoms with van der Waals surface area (Å²) in [6.07, 6.45) is 1.07. The number of rotatable bonds is 1. The molecule has 0 fully saturated rings. The number of fused-ring (bicyclic) bond motifs is 1. The second kappa shape index (κ2) is 3.92. The molecule has 1 heterocycles. The highest BCUT2D eigenvalue weighted by molar-refractivity contribution is 7.99. The fourth-order valence-corrected chi connectivity index (χ4v) is 2.57. The van der Waals surface area contributed by atoms with E-state index in [2.05, 4.69) is 5.32 Å². The van der Waals surface area contributed by atoms with E-state index in [4.69, 9.17) is 5.11 Å². The number of benzene rings is 1. The Morgan fingerprint density at radius 3 is 3.14 bits per heavy atom. The molecule has 2 N–H and O–H groups in total. The van der Waals surface area contributed by atoms with Crippen LogP contribution >= 0.6 is 11.8 Å². The van der Waals surface area contributed by atoms with Crippen molar-refractivity contribution in [2.24, 2.45) is 0 Å². The lowest BCUT2D eigenvalue weighted by Gasteiger charge is -2.08. The molecule has 0 radical (unpaired) electrons. The Morgan fingerprint density at radius 1 is 1.50 bits per heavy atom. The molecule has 0 saturated heterocycles. The van der Waals surface area contributed by atoms with Gasteiger partial charge in [0.05, 0.1) is 5.56 Å². The smallest absolute Gasteiger partial charge is 0.336 e. The zero-order chi connectivity index (χ0) is 9.97. The third kappa shape index (κ3) is 1.70. The first-order chi connectivity index (χ1) is 6.79. The molecule has 0 saturated carbocycles. The highest BCUT2D eigenvalue weighted by Crippen LogP contribution is 2.33. The first kappa shape index (κ1) is 9.40. The van der Waals surface area contributed by atoms with Gasteiger partial charge in [-0.1, -0.05) is 6.07 Å². The Balaban J connectivity index is 2.47. The Bertz CT molecular complexity index is 365. The number of carbonyl (C=O) groups is 1. The number of hydrogen-bond donors (Lipinski definition) is 2. The van der Waals surface area contributed by atoms with Gasteiger partial charge in [0.25, 0.3) is 0 Å². The van der Waals surface area contributed by atoms with Crippen LogP contribution in [0.3, 0.4) is 0 Å². The highest BCUT2D eigenvalue weighted by atomic mass is 32.2. The average Bonchev–Trinajstić information content (AvgIpc) is 2.41. The maximum atomic E-state index is 10.9. The summed E-state index contributed by atoms with van der Waals surface area (Å²) in [5.41, 5.74) is 1.36. The number of aromatic carboxylic acids is 1. The van der Waals surface area contributed by atoms with Gasteiger partial charge in [0.15, 0.2) is 0 Å². The summed E-state index contributed by atoms with van der Waals surface area (Å²) in [4.78, 5) is 11.8. The number of hydrogen-bond acceptors (Lipinski definition) is 3. The van der Waals surface area contributed by atoms with Gasteiger partial charge in [0.2, 0.25) is 0 Å². The molecule has 74 valence electrons. The number of thioether (sulfide) groups is 1. The van der Waals surface area contributed by atoms with Crippen LogP contribution in [-0.2, 0) is 0 Å². The summed E-state index contributed by atoms with van der Waals surface area (Å²) in [6, 6.07) is 5.36. The molecular formula is C10H11NO2S. The molecule has 0 bridgehead atoms. The lowest BCUT2D eigenvalue weighted by molar-refractivity contribution is 0.0693. The second-order valence-electron chi connectivity index (χ2n) is 3.12. The molecule has 4 heteroatoms. The van der Waals surface area contributed by atoms with Crippen LogP contribution in [0.5, 0.6) is 0 Å². The molecule has 0 amide bonds. The Morgan fingerprint density at radius 2 is 2.36 bits per heavy atom. The van der Waals surface area contributed by atoms with E-state index < -0.39 is 5.97 Å². The van der Waals surface area contributed by atoms with Gasteiger partial charge < -0.3 is 10.4 Å². The Labute approximate surface area is 86.5 Å². The zero-order valence-corrected chi connectivity index (χ0v) is 8.43. The first-order valence-electron chi connectivity index (χ1n) is 4.52. The van der Waals surface area contributed by atoms with Crippen molar-refractivity contribution < 1.29 is 9.90 Å². The largest absolute Gasteiger partial charge is 0.478 e. The van der Waals surface area contributed by atoms with Gasteiger partial charge in [-0.2, -0.15) is 0 Å². The van der Waals surface area contributed by atoms with Gasteiger partial charge in [-0.05, 0) is 24.3 Å². The van der Waals surface area contributed by atoms with Gasteiger partial charge in [0.1, 0.15) is 0 Å². The second-order valence-corrected chi connectivity index (χ2v) is 4.22. The fourth-order valence-electron chi connectivity index (χ4n) is 1.47. The SMILES string of the molecule is O=C(O)c1cccc2c1SCCCN2. The van der Waals surface area contributed by atoms with Crippen LogP contribution in [0.15, 0.2) is 23.1 Å². The van der Waals surface area contributed by atoms with Crippen molar-refractivity contribution >= 4 is 23.4 Å². The normalized spacial score (nSPS) is 15.1. The third-order valence-corrected chi connectivity index (χ3v) is 3.35. The minimum absolute atomic E-state index is 0.405. The minimum atomic E-state index is -0.849. The molecule has 14 heavy (non-hydrogen) atoms. The molecule has 0 unspecified atom stereocenters. The van der Waals surface area contributed by atoms with E-state index in [1.807, 2.05) is 6.07 Å². The fraction of sp³-hybridized carbons (Fsp3) is 0.300. The molecule has 0 aliphatic carbocycles. The van der Waals surface area contributed by atoms with Gasteiger partial charge in [-0.25, -0.2) is 4.79 Å². The van der Waals surface area contributed by atoms with Gasteiger partial charge in [-0.3, -0.25) is 0 Å². The van der Waals surface area contributed by atoms with Crippen molar-refractivity contribution in [2.75, 3.05) is 17.6 Å². The lowest BCUT2D eigenvalue weighted by Crippen LogP contribution is -2.03. The van der Waals surface area contributed by atoms with E-state index in [1.165, 1.54) is 0 Å². The minimum Gasteiger partial charge on any atom is -0.478 e. The molecule has 1 aromatic rings. The maximum Gasteiger partial charge on any atom is 0.336 e. The number of anilines is 1. The van der Waals surface area contributed by atoms with E-state index in [-0.39, 0.29) is 0 Å². The van der Waals surface area contributed by atoms with E-state index in [9.17, 15) is 4.79 Å². The van der Waals surface area contributed by atoms with E-state index >= 15 is 0 Å². The summed E-state index contributed by atoms with van der Waals surface area (Å²) >= 11 is 1.62. The van der Waals surface area contributed by atoms with E-state index in [0.29, 0.717) is 5.56 Å². The van der Waals surface area contributed by atoms with Crippen molar-refractivity contribution in [3.63, 3.8) is 0 Å². The third-order valence-electron chi connectivity index (χ3n) is 2.13. The summed E-state index contributed by atoms with van der Waals surface area (Å²) in [7, 11) is 0. The number of carboxylic acids is 1. The van der Waals surface area contributed by atoms with Crippen molar-refractivity contribution in [1.29, 1.82) is 0 Å². The molecule has 1 aromatic carbocycles. The molecule has 0 spiro atoms. The van der Waals surface area contributed by atoms with E-state index in [0.717, 1.165) is 29.3 Å². The lowest BCUT2D eigenvalue weighted by atomic mass is 10.2. The van der Waals surface area contributed by atoms with Crippen molar-refractivity contribution in [2.45, 2.75) is 11.3 Å².